The fourth-order valence-electron chi connectivity index (χ4n) is 3.08. The van der Waals surface area contributed by atoms with Gasteiger partial charge in [-0.15, -0.1) is 10.2 Å². The standard InChI is InChI=1S/C18H15FN4O/c1-10-21-22-18-17(20)16(11-4-3-5-13(8-11)24-2)14-9-12(19)6-7-15(14)23(10)18/h3-9H,20H2,1-2H3. The van der Waals surface area contributed by atoms with Crippen LogP contribution in [0.2, 0.25) is 0 Å². The molecular formula is C18H15FN4O. The molecule has 0 saturated heterocycles. The summed E-state index contributed by atoms with van der Waals surface area (Å²) in [7, 11) is 1.60. The maximum atomic E-state index is 13.9. The first-order chi connectivity index (χ1) is 11.6. The van der Waals surface area contributed by atoms with Crippen LogP contribution in [0, 0.1) is 12.7 Å². The predicted molar refractivity (Wildman–Crippen MR) is 91.6 cm³/mol. The highest BCUT2D eigenvalue weighted by Gasteiger charge is 2.18. The second-order valence-corrected chi connectivity index (χ2v) is 5.59. The molecule has 2 heterocycles. The molecule has 5 nitrogen and oxygen atoms in total. The summed E-state index contributed by atoms with van der Waals surface area (Å²) >= 11 is 0. The number of pyridine rings is 1. The van der Waals surface area contributed by atoms with Crippen LogP contribution in [0.15, 0.2) is 42.5 Å². The molecule has 0 spiro atoms. The van der Waals surface area contributed by atoms with Gasteiger partial charge in [0.2, 0.25) is 0 Å². The summed E-state index contributed by atoms with van der Waals surface area (Å²) in [5, 5.41) is 9.00. The first kappa shape index (κ1) is 14.4. The number of hydrogen-bond acceptors (Lipinski definition) is 4. The fourth-order valence-corrected chi connectivity index (χ4v) is 3.08. The van der Waals surface area contributed by atoms with Crippen LogP contribution in [-0.2, 0) is 0 Å². The Hall–Kier alpha value is -3.15. The molecule has 24 heavy (non-hydrogen) atoms. The minimum absolute atomic E-state index is 0.323. The SMILES string of the molecule is COc1cccc(-c2c(N)c3nnc(C)n3c3ccc(F)cc23)c1. The minimum Gasteiger partial charge on any atom is -0.497 e. The molecule has 2 N–H and O–H groups in total. The maximum absolute atomic E-state index is 13.9. The van der Waals surface area contributed by atoms with Crippen LogP contribution in [0.3, 0.4) is 0 Å². The average molecular weight is 322 g/mol. The van der Waals surface area contributed by atoms with Crippen LogP contribution < -0.4 is 10.5 Å². The van der Waals surface area contributed by atoms with Gasteiger partial charge in [0.25, 0.3) is 0 Å². The molecule has 0 amide bonds. The van der Waals surface area contributed by atoms with Crippen LogP contribution >= 0.6 is 0 Å². The van der Waals surface area contributed by atoms with Gasteiger partial charge in [0, 0.05) is 10.9 Å². The van der Waals surface area contributed by atoms with Crippen LogP contribution in [0.1, 0.15) is 5.82 Å². The van der Waals surface area contributed by atoms with E-state index in [9.17, 15) is 4.39 Å². The van der Waals surface area contributed by atoms with Gasteiger partial charge in [0.05, 0.1) is 18.3 Å². The number of nitrogens with two attached hydrogens (primary N) is 1. The molecular weight excluding hydrogens is 307 g/mol. The third kappa shape index (κ3) is 2.00. The van der Waals surface area contributed by atoms with Gasteiger partial charge >= 0.3 is 0 Å². The molecule has 0 unspecified atom stereocenters. The minimum atomic E-state index is -0.323. The van der Waals surface area contributed by atoms with Crippen molar-refractivity contribution in [3.8, 4) is 16.9 Å². The number of fused-ring (bicyclic) bond motifs is 3. The van der Waals surface area contributed by atoms with Crippen LogP contribution in [-0.4, -0.2) is 21.7 Å². The number of rotatable bonds is 2. The van der Waals surface area contributed by atoms with Gasteiger partial charge in [-0.3, -0.25) is 4.40 Å². The van der Waals surface area contributed by atoms with E-state index in [2.05, 4.69) is 10.2 Å². The van der Waals surface area contributed by atoms with Gasteiger partial charge in [-0.25, -0.2) is 4.39 Å². The number of methoxy groups -OCH3 is 1. The number of aryl methyl sites for hydroxylation is 1. The average Bonchev–Trinajstić information content (AvgIpc) is 2.97. The summed E-state index contributed by atoms with van der Waals surface area (Å²) in [5.74, 6) is 1.08. The summed E-state index contributed by atoms with van der Waals surface area (Å²) in [5.41, 5.74) is 9.78. The van der Waals surface area contributed by atoms with E-state index >= 15 is 0 Å². The number of nitrogens with zero attached hydrogens (tertiary/aromatic N) is 3. The van der Waals surface area contributed by atoms with Gasteiger partial charge in [0.15, 0.2) is 5.65 Å². The molecule has 0 aliphatic rings. The van der Waals surface area contributed by atoms with Crippen molar-refractivity contribution in [2.45, 2.75) is 6.92 Å². The van der Waals surface area contributed by atoms with Gasteiger partial charge in [-0.1, -0.05) is 12.1 Å². The first-order valence-electron chi connectivity index (χ1n) is 7.47. The summed E-state index contributed by atoms with van der Waals surface area (Å²) < 4.78 is 21.1. The number of anilines is 1. The Balaban J connectivity index is 2.20. The van der Waals surface area contributed by atoms with Crippen molar-refractivity contribution in [3.63, 3.8) is 0 Å². The topological polar surface area (TPSA) is 65.4 Å². The monoisotopic (exact) mass is 322 g/mol. The van der Waals surface area contributed by atoms with Crippen LogP contribution in [0.25, 0.3) is 27.7 Å². The van der Waals surface area contributed by atoms with E-state index in [-0.39, 0.29) is 5.82 Å². The van der Waals surface area contributed by atoms with Crippen molar-refractivity contribution in [1.82, 2.24) is 14.6 Å². The van der Waals surface area contributed by atoms with Crippen molar-refractivity contribution in [2.24, 2.45) is 0 Å². The fraction of sp³-hybridized carbons (Fsp3) is 0.111. The quantitative estimate of drug-likeness (QED) is 0.612. The van der Waals surface area contributed by atoms with Gasteiger partial charge < -0.3 is 10.5 Å². The number of ether oxygens (including phenoxy) is 1. The van der Waals surface area contributed by atoms with E-state index in [4.69, 9.17) is 10.5 Å². The Morgan fingerprint density at radius 2 is 1.96 bits per heavy atom. The van der Waals surface area contributed by atoms with E-state index in [0.717, 1.165) is 16.6 Å². The highest BCUT2D eigenvalue weighted by molar-refractivity contribution is 6.05. The molecule has 0 fully saturated rings. The number of halogens is 1. The molecule has 120 valence electrons. The van der Waals surface area contributed by atoms with Crippen molar-refractivity contribution in [1.29, 1.82) is 0 Å². The largest absolute Gasteiger partial charge is 0.497 e. The summed E-state index contributed by atoms with van der Waals surface area (Å²) in [6.07, 6.45) is 0. The van der Waals surface area contributed by atoms with Crippen molar-refractivity contribution >= 4 is 22.2 Å². The zero-order valence-corrected chi connectivity index (χ0v) is 13.2. The number of nitrogen functional groups attached to an aromatic ring is 1. The smallest absolute Gasteiger partial charge is 0.185 e. The molecule has 0 saturated carbocycles. The molecule has 2 aromatic heterocycles. The molecule has 0 aliphatic heterocycles. The first-order valence-corrected chi connectivity index (χ1v) is 7.47. The van der Waals surface area contributed by atoms with E-state index in [0.29, 0.717) is 28.3 Å². The number of benzene rings is 2. The number of aromatic nitrogens is 3. The van der Waals surface area contributed by atoms with E-state index in [1.54, 1.807) is 13.2 Å². The van der Waals surface area contributed by atoms with Gasteiger partial charge in [0.1, 0.15) is 17.4 Å². The van der Waals surface area contributed by atoms with Crippen molar-refractivity contribution in [3.05, 3.63) is 54.1 Å². The normalized spacial score (nSPS) is 11.3. The Labute approximate surface area is 137 Å². The highest BCUT2D eigenvalue weighted by atomic mass is 19.1. The zero-order chi connectivity index (χ0) is 16.8. The van der Waals surface area contributed by atoms with Crippen molar-refractivity contribution < 1.29 is 9.13 Å². The van der Waals surface area contributed by atoms with E-state index in [1.165, 1.54) is 12.1 Å². The second-order valence-electron chi connectivity index (χ2n) is 5.59. The van der Waals surface area contributed by atoms with E-state index in [1.807, 2.05) is 35.6 Å². The lowest BCUT2D eigenvalue weighted by molar-refractivity contribution is 0.415. The second kappa shape index (κ2) is 5.19. The van der Waals surface area contributed by atoms with Gasteiger partial charge in [-0.2, -0.15) is 0 Å². The van der Waals surface area contributed by atoms with Crippen LogP contribution in [0.4, 0.5) is 10.1 Å². The Morgan fingerprint density at radius 1 is 1.12 bits per heavy atom. The number of hydrogen-bond donors (Lipinski definition) is 1. The summed E-state index contributed by atoms with van der Waals surface area (Å²) in [6.45, 7) is 1.84. The molecule has 0 aliphatic carbocycles. The van der Waals surface area contributed by atoms with Crippen LogP contribution in [0.5, 0.6) is 5.75 Å². The molecule has 0 bridgehead atoms. The van der Waals surface area contributed by atoms with Crippen molar-refractivity contribution in [2.75, 3.05) is 12.8 Å². The molecule has 0 radical (unpaired) electrons. The molecule has 2 aromatic carbocycles. The maximum Gasteiger partial charge on any atom is 0.185 e. The Kier molecular flexibility index (Phi) is 3.13. The lowest BCUT2D eigenvalue weighted by Gasteiger charge is -2.14. The third-order valence-corrected chi connectivity index (χ3v) is 4.16. The predicted octanol–water partition coefficient (Wildman–Crippen LogP) is 3.59. The molecule has 4 aromatic rings. The highest BCUT2D eigenvalue weighted by Crippen LogP contribution is 2.38. The third-order valence-electron chi connectivity index (χ3n) is 4.16. The zero-order valence-electron chi connectivity index (χ0n) is 13.2. The molecule has 6 heteroatoms. The van der Waals surface area contributed by atoms with E-state index < -0.39 is 0 Å². The Bertz CT molecular complexity index is 1090. The Morgan fingerprint density at radius 3 is 2.75 bits per heavy atom. The lowest BCUT2D eigenvalue weighted by atomic mass is 9.98. The van der Waals surface area contributed by atoms with Gasteiger partial charge in [-0.05, 0) is 42.8 Å². The lowest BCUT2D eigenvalue weighted by Crippen LogP contribution is -2.01. The molecule has 0 atom stereocenters. The summed E-state index contributed by atoms with van der Waals surface area (Å²) in [4.78, 5) is 0. The molecule has 4 rings (SSSR count). The summed E-state index contributed by atoms with van der Waals surface area (Å²) in [6, 6.07) is 12.1.